The zero-order chi connectivity index (χ0) is 17.8. The molecule has 5 nitrogen and oxygen atoms in total. The fourth-order valence-corrected chi connectivity index (χ4v) is 4.42. The van der Waals surface area contributed by atoms with Crippen molar-refractivity contribution in [3.05, 3.63) is 29.8 Å². The van der Waals surface area contributed by atoms with Gasteiger partial charge in [-0.25, -0.2) is 4.79 Å². The van der Waals surface area contributed by atoms with E-state index in [-0.39, 0.29) is 17.1 Å². The van der Waals surface area contributed by atoms with E-state index in [0.29, 0.717) is 17.7 Å². The van der Waals surface area contributed by atoms with E-state index in [1.54, 1.807) is 24.3 Å². The lowest BCUT2D eigenvalue weighted by Crippen LogP contribution is -2.43. The number of anilines is 1. The van der Waals surface area contributed by atoms with Crippen LogP contribution in [0.3, 0.4) is 0 Å². The Morgan fingerprint density at radius 3 is 2.17 bits per heavy atom. The highest BCUT2D eigenvalue weighted by atomic mass is 16.5. The van der Waals surface area contributed by atoms with Gasteiger partial charge in [0, 0.05) is 17.5 Å². The minimum atomic E-state index is -0.653. The molecule has 1 amide bonds. The molecule has 2 atom stereocenters. The van der Waals surface area contributed by atoms with Crippen molar-refractivity contribution < 1.29 is 19.1 Å². The van der Waals surface area contributed by atoms with Gasteiger partial charge in [0.2, 0.25) is 5.91 Å². The summed E-state index contributed by atoms with van der Waals surface area (Å²) in [6.45, 7) is 6.05. The number of Topliss-reactive ketones (excluding diaryl/α,β-unsaturated/α-hetero) is 1. The van der Waals surface area contributed by atoms with E-state index in [1.165, 1.54) is 7.11 Å². The molecule has 1 aromatic carbocycles. The molecule has 1 N–H and O–H groups in total. The Balaban J connectivity index is 1.83. The zero-order valence-electron chi connectivity index (χ0n) is 14.6. The molecule has 1 aromatic rings. The van der Waals surface area contributed by atoms with Gasteiger partial charge in [0.1, 0.15) is 5.78 Å². The Bertz CT molecular complexity index is 721. The minimum Gasteiger partial charge on any atom is -0.465 e. The Kier molecular flexibility index (Phi) is 3.59. The summed E-state index contributed by atoms with van der Waals surface area (Å²) in [6.07, 6.45) is 1.80. The maximum absolute atomic E-state index is 13.0. The normalized spacial score (nSPS) is 30.2. The second-order valence-electron chi connectivity index (χ2n) is 7.66. The first kappa shape index (κ1) is 16.7. The summed E-state index contributed by atoms with van der Waals surface area (Å²) in [7, 11) is 1.33. The lowest BCUT2D eigenvalue weighted by molar-refractivity contribution is -0.131. The smallest absolute Gasteiger partial charge is 0.337 e. The summed E-state index contributed by atoms with van der Waals surface area (Å²) in [5, 5.41) is 2.94. The van der Waals surface area contributed by atoms with Gasteiger partial charge < -0.3 is 10.1 Å². The SMILES string of the molecule is COC(=O)c1ccc(NC(=O)[C@@]23CC[C@@](C)(C(=O)C2)C3(C)C)cc1. The van der Waals surface area contributed by atoms with Crippen molar-refractivity contribution in [2.45, 2.75) is 40.0 Å². The van der Waals surface area contributed by atoms with Crippen molar-refractivity contribution in [1.82, 2.24) is 0 Å². The number of hydrogen-bond acceptors (Lipinski definition) is 4. The second-order valence-corrected chi connectivity index (χ2v) is 7.66. The highest BCUT2D eigenvalue weighted by Gasteiger charge is 2.72. The van der Waals surface area contributed by atoms with Gasteiger partial charge in [-0.05, 0) is 42.5 Å². The van der Waals surface area contributed by atoms with E-state index >= 15 is 0 Å². The molecule has 128 valence electrons. The van der Waals surface area contributed by atoms with Gasteiger partial charge in [-0.1, -0.05) is 20.8 Å². The summed E-state index contributed by atoms with van der Waals surface area (Å²) in [5.74, 6) is -0.330. The number of ketones is 1. The number of ether oxygens (including phenoxy) is 1. The van der Waals surface area contributed by atoms with Crippen LogP contribution in [0.1, 0.15) is 50.4 Å². The van der Waals surface area contributed by atoms with Crippen LogP contribution in [0, 0.1) is 16.2 Å². The molecular weight excluding hydrogens is 306 g/mol. The Morgan fingerprint density at radius 2 is 1.71 bits per heavy atom. The van der Waals surface area contributed by atoms with Crippen LogP contribution in [-0.2, 0) is 14.3 Å². The monoisotopic (exact) mass is 329 g/mol. The van der Waals surface area contributed by atoms with Gasteiger partial charge >= 0.3 is 5.97 Å². The predicted octanol–water partition coefficient (Wildman–Crippen LogP) is 3.20. The molecule has 2 aliphatic carbocycles. The van der Waals surface area contributed by atoms with Crippen molar-refractivity contribution in [1.29, 1.82) is 0 Å². The maximum Gasteiger partial charge on any atom is 0.337 e. The van der Waals surface area contributed by atoms with Crippen LogP contribution in [0.4, 0.5) is 5.69 Å². The van der Waals surface area contributed by atoms with Gasteiger partial charge in [-0.15, -0.1) is 0 Å². The zero-order valence-corrected chi connectivity index (χ0v) is 14.6. The number of carbonyl (C=O) groups excluding carboxylic acids is 3. The Hall–Kier alpha value is -2.17. The topological polar surface area (TPSA) is 72.5 Å². The maximum atomic E-state index is 13.0. The third-order valence-corrected chi connectivity index (χ3v) is 6.70. The van der Waals surface area contributed by atoms with Crippen LogP contribution in [0.15, 0.2) is 24.3 Å². The average molecular weight is 329 g/mol. The molecule has 0 spiro atoms. The molecule has 0 saturated heterocycles. The number of benzene rings is 1. The molecule has 2 aliphatic rings. The number of esters is 1. The number of carbonyl (C=O) groups is 3. The van der Waals surface area contributed by atoms with Crippen LogP contribution in [-0.4, -0.2) is 24.8 Å². The van der Waals surface area contributed by atoms with Crippen LogP contribution in [0.5, 0.6) is 0 Å². The van der Waals surface area contributed by atoms with Crippen LogP contribution in [0.25, 0.3) is 0 Å². The lowest BCUT2D eigenvalue weighted by atomic mass is 9.64. The molecule has 3 rings (SSSR count). The van der Waals surface area contributed by atoms with E-state index in [9.17, 15) is 14.4 Å². The molecule has 0 aliphatic heterocycles. The first-order chi connectivity index (χ1) is 11.2. The fourth-order valence-electron chi connectivity index (χ4n) is 4.42. The van der Waals surface area contributed by atoms with Gasteiger partial charge in [0.05, 0.1) is 18.1 Å². The Labute approximate surface area is 141 Å². The summed E-state index contributed by atoms with van der Waals surface area (Å²) in [5.41, 5.74) is -0.393. The molecule has 2 saturated carbocycles. The Morgan fingerprint density at radius 1 is 1.08 bits per heavy atom. The number of amides is 1. The van der Waals surface area contributed by atoms with Crippen molar-refractivity contribution >= 4 is 23.3 Å². The van der Waals surface area contributed by atoms with E-state index in [4.69, 9.17) is 0 Å². The number of fused-ring (bicyclic) bond motifs is 2. The van der Waals surface area contributed by atoms with Crippen LogP contribution >= 0.6 is 0 Å². The number of methoxy groups -OCH3 is 1. The van der Waals surface area contributed by atoms with E-state index < -0.39 is 16.8 Å². The first-order valence-electron chi connectivity index (χ1n) is 8.21. The second kappa shape index (κ2) is 5.16. The third kappa shape index (κ3) is 1.96. The van der Waals surface area contributed by atoms with Crippen molar-refractivity contribution in [2.24, 2.45) is 16.2 Å². The third-order valence-electron chi connectivity index (χ3n) is 6.70. The van der Waals surface area contributed by atoms with Crippen molar-refractivity contribution in [2.75, 3.05) is 12.4 Å². The molecule has 0 aromatic heterocycles. The summed E-state index contributed by atoms with van der Waals surface area (Å²) in [6, 6.07) is 6.59. The molecule has 0 unspecified atom stereocenters. The average Bonchev–Trinajstić information content (AvgIpc) is 2.85. The molecular formula is C19H23NO4. The summed E-state index contributed by atoms with van der Waals surface area (Å²) in [4.78, 5) is 36.9. The quantitative estimate of drug-likeness (QED) is 0.864. The fraction of sp³-hybridized carbons (Fsp3) is 0.526. The number of nitrogens with one attached hydrogen (secondary N) is 1. The molecule has 0 radical (unpaired) electrons. The summed E-state index contributed by atoms with van der Waals surface area (Å²) >= 11 is 0. The van der Waals surface area contributed by atoms with Crippen LogP contribution in [0.2, 0.25) is 0 Å². The van der Waals surface area contributed by atoms with Gasteiger partial charge in [-0.2, -0.15) is 0 Å². The molecule has 5 heteroatoms. The highest BCUT2D eigenvalue weighted by molar-refractivity contribution is 6.04. The lowest BCUT2D eigenvalue weighted by Gasteiger charge is -2.38. The molecule has 0 heterocycles. The van der Waals surface area contributed by atoms with Gasteiger partial charge in [-0.3, -0.25) is 9.59 Å². The minimum absolute atomic E-state index is 0.104. The largest absolute Gasteiger partial charge is 0.465 e. The van der Waals surface area contributed by atoms with E-state index in [2.05, 4.69) is 10.1 Å². The molecule has 2 bridgehead atoms. The van der Waals surface area contributed by atoms with Crippen molar-refractivity contribution in [3.63, 3.8) is 0 Å². The van der Waals surface area contributed by atoms with Gasteiger partial charge in [0.15, 0.2) is 0 Å². The van der Waals surface area contributed by atoms with E-state index in [1.807, 2.05) is 20.8 Å². The summed E-state index contributed by atoms with van der Waals surface area (Å²) < 4.78 is 4.66. The highest BCUT2D eigenvalue weighted by Crippen LogP contribution is 2.70. The number of hydrogen-bond donors (Lipinski definition) is 1. The predicted molar refractivity (Wildman–Crippen MR) is 89.6 cm³/mol. The van der Waals surface area contributed by atoms with Gasteiger partial charge in [0.25, 0.3) is 0 Å². The van der Waals surface area contributed by atoms with E-state index in [0.717, 1.165) is 12.8 Å². The number of rotatable bonds is 3. The molecule has 24 heavy (non-hydrogen) atoms. The van der Waals surface area contributed by atoms with Crippen LogP contribution < -0.4 is 5.32 Å². The van der Waals surface area contributed by atoms with Crippen molar-refractivity contribution in [3.8, 4) is 0 Å². The molecule has 2 fully saturated rings. The standard InChI is InChI=1S/C19H23NO4/c1-17(2)18(3)9-10-19(17,11-14(18)21)16(23)20-13-7-5-12(6-8-13)15(22)24-4/h5-8H,9-11H2,1-4H3,(H,20,23)/t18-,19+/m0/s1. The first-order valence-corrected chi connectivity index (χ1v) is 8.21.